The SMILES string of the molecule is COCCNCc1ccc2sc(-c3cc(Nc4ccnc(N)n4)cc4cn[nH]c34)cc2c1. The molecule has 0 aliphatic rings. The van der Waals surface area contributed by atoms with Gasteiger partial charge in [0.1, 0.15) is 5.82 Å². The monoisotopic (exact) mass is 445 g/mol. The molecule has 2 aromatic carbocycles. The summed E-state index contributed by atoms with van der Waals surface area (Å²) in [6.07, 6.45) is 3.46. The molecule has 0 atom stereocenters. The average molecular weight is 446 g/mol. The molecule has 0 spiro atoms. The Morgan fingerprint density at radius 1 is 1.12 bits per heavy atom. The van der Waals surface area contributed by atoms with Gasteiger partial charge in [0.15, 0.2) is 0 Å². The summed E-state index contributed by atoms with van der Waals surface area (Å²) in [6.45, 7) is 2.35. The van der Waals surface area contributed by atoms with Gasteiger partial charge < -0.3 is 21.1 Å². The van der Waals surface area contributed by atoms with Gasteiger partial charge in [-0.3, -0.25) is 5.10 Å². The van der Waals surface area contributed by atoms with E-state index in [4.69, 9.17) is 10.5 Å². The fourth-order valence-electron chi connectivity index (χ4n) is 3.66. The number of anilines is 3. The number of nitrogen functional groups attached to an aromatic ring is 1. The normalized spacial score (nSPS) is 11.4. The molecule has 8 nitrogen and oxygen atoms in total. The zero-order valence-corrected chi connectivity index (χ0v) is 18.4. The molecule has 3 aromatic heterocycles. The standard InChI is InChI=1S/C23H23N7OS/c1-31-7-6-25-12-14-2-3-19-15(8-14)10-20(32-19)18-11-17(9-16-13-27-30-22(16)18)28-21-4-5-26-23(24)29-21/h2-5,8-11,13,25H,6-7,12H2,1H3,(H,27,30)(H3,24,26,28,29). The first-order chi connectivity index (χ1) is 15.7. The number of aromatic nitrogens is 4. The Morgan fingerprint density at radius 3 is 2.94 bits per heavy atom. The highest BCUT2D eigenvalue weighted by Crippen LogP contribution is 2.39. The first-order valence-electron chi connectivity index (χ1n) is 10.2. The van der Waals surface area contributed by atoms with Gasteiger partial charge in [-0.25, -0.2) is 4.98 Å². The maximum atomic E-state index is 5.72. The van der Waals surface area contributed by atoms with Crippen LogP contribution >= 0.6 is 11.3 Å². The van der Waals surface area contributed by atoms with Crippen LogP contribution in [0.3, 0.4) is 0 Å². The third-order valence-electron chi connectivity index (χ3n) is 5.15. The fourth-order valence-corrected chi connectivity index (χ4v) is 4.72. The number of methoxy groups -OCH3 is 1. The number of thiophene rings is 1. The largest absolute Gasteiger partial charge is 0.383 e. The molecule has 0 aliphatic heterocycles. The van der Waals surface area contributed by atoms with Gasteiger partial charge in [0.2, 0.25) is 5.95 Å². The van der Waals surface area contributed by atoms with E-state index >= 15 is 0 Å². The van der Waals surface area contributed by atoms with Crippen molar-refractivity contribution in [1.82, 2.24) is 25.5 Å². The van der Waals surface area contributed by atoms with Crippen molar-refractivity contribution < 1.29 is 4.74 Å². The molecule has 0 saturated carbocycles. The minimum Gasteiger partial charge on any atom is -0.383 e. The molecule has 0 amide bonds. The van der Waals surface area contributed by atoms with Gasteiger partial charge in [0.25, 0.3) is 0 Å². The van der Waals surface area contributed by atoms with E-state index in [2.05, 4.69) is 61.1 Å². The van der Waals surface area contributed by atoms with Crippen LogP contribution in [0.2, 0.25) is 0 Å². The zero-order chi connectivity index (χ0) is 21.9. The molecule has 0 aliphatic carbocycles. The maximum absolute atomic E-state index is 5.72. The molecule has 3 heterocycles. The number of nitrogens with zero attached hydrogens (tertiary/aromatic N) is 3. The van der Waals surface area contributed by atoms with Crippen LogP contribution < -0.4 is 16.4 Å². The third kappa shape index (κ3) is 4.26. The predicted molar refractivity (Wildman–Crippen MR) is 130 cm³/mol. The Hall–Kier alpha value is -3.53. The number of ether oxygens (including phenoxy) is 1. The van der Waals surface area contributed by atoms with Crippen LogP contribution in [-0.4, -0.2) is 40.4 Å². The van der Waals surface area contributed by atoms with Crippen molar-refractivity contribution >= 4 is 49.8 Å². The Kier molecular flexibility index (Phi) is 5.68. The van der Waals surface area contributed by atoms with Gasteiger partial charge in [-0.05, 0) is 47.3 Å². The lowest BCUT2D eigenvalue weighted by molar-refractivity contribution is 0.199. The van der Waals surface area contributed by atoms with Gasteiger partial charge in [-0.1, -0.05) is 6.07 Å². The number of hydrogen-bond donors (Lipinski definition) is 4. The summed E-state index contributed by atoms with van der Waals surface area (Å²) in [7, 11) is 1.71. The summed E-state index contributed by atoms with van der Waals surface area (Å²) in [5.74, 6) is 0.880. The van der Waals surface area contributed by atoms with Crippen LogP contribution in [-0.2, 0) is 11.3 Å². The predicted octanol–water partition coefficient (Wildman–Crippen LogP) is 4.30. The van der Waals surface area contributed by atoms with Crippen molar-refractivity contribution in [3.05, 3.63) is 60.4 Å². The molecule has 5 aromatic rings. The first kappa shape index (κ1) is 20.4. The number of benzene rings is 2. The molecule has 0 radical (unpaired) electrons. The molecule has 0 fully saturated rings. The van der Waals surface area contributed by atoms with Gasteiger partial charge in [0.05, 0.1) is 18.3 Å². The van der Waals surface area contributed by atoms with Crippen LogP contribution in [0.5, 0.6) is 0 Å². The van der Waals surface area contributed by atoms with Crippen LogP contribution in [0, 0.1) is 0 Å². The lowest BCUT2D eigenvalue weighted by Crippen LogP contribution is -2.18. The number of aromatic amines is 1. The Bertz CT molecular complexity index is 1380. The van der Waals surface area contributed by atoms with E-state index in [1.807, 2.05) is 12.3 Å². The van der Waals surface area contributed by atoms with Crippen LogP contribution in [0.15, 0.2) is 54.9 Å². The number of nitrogens with two attached hydrogens (primary N) is 1. The molecule has 9 heteroatoms. The number of hydrogen-bond acceptors (Lipinski definition) is 8. The molecule has 0 unspecified atom stereocenters. The fraction of sp³-hybridized carbons (Fsp3) is 0.174. The summed E-state index contributed by atoms with van der Waals surface area (Å²) in [5, 5.41) is 16.4. The molecule has 162 valence electrons. The summed E-state index contributed by atoms with van der Waals surface area (Å²) >= 11 is 1.77. The quantitative estimate of drug-likeness (QED) is 0.263. The van der Waals surface area contributed by atoms with Gasteiger partial charge in [0, 0.05) is 52.6 Å². The minimum absolute atomic E-state index is 0.233. The second kappa shape index (κ2) is 8.91. The molecular formula is C23H23N7OS. The van der Waals surface area contributed by atoms with E-state index in [-0.39, 0.29) is 5.95 Å². The highest BCUT2D eigenvalue weighted by Gasteiger charge is 2.12. The van der Waals surface area contributed by atoms with Crippen molar-refractivity contribution in [3.63, 3.8) is 0 Å². The Balaban J connectivity index is 1.48. The summed E-state index contributed by atoms with van der Waals surface area (Å²) < 4.78 is 6.34. The summed E-state index contributed by atoms with van der Waals surface area (Å²) in [6, 6.07) is 14.8. The Morgan fingerprint density at radius 2 is 2.06 bits per heavy atom. The third-order valence-corrected chi connectivity index (χ3v) is 6.30. The van der Waals surface area contributed by atoms with E-state index < -0.39 is 0 Å². The smallest absolute Gasteiger partial charge is 0.221 e. The molecule has 0 saturated heterocycles. The highest BCUT2D eigenvalue weighted by atomic mass is 32.1. The molecule has 32 heavy (non-hydrogen) atoms. The average Bonchev–Trinajstić information content (AvgIpc) is 3.43. The number of nitrogens with one attached hydrogen (secondary N) is 3. The molecular weight excluding hydrogens is 422 g/mol. The van der Waals surface area contributed by atoms with Gasteiger partial charge in [-0.2, -0.15) is 10.1 Å². The van der Waals surface area contributed by atoms with E-state index in [0.717, 1.165) is 35.2 Å². The van der Waals surface area contributed by atoms with Gasteiger partial charge >= 0.3 is 0 Å². The number of rotatable bonds is 8. The topological polar surface area (TPSA) is 114 Å². The minimum atomic E-state index is 0.233. The lowest BCUT2D eigenvalue weighted by Gasteiger charge is -2.08. The second-order valence-corrected chi connectivity index (χ2v) is 8.52. The maximum Gasteiger partial charge on any atom is 0.221 e. The highest BCUT2D eigenvalue weighted by molar-refractivity contribution is 7.22. The molecule has 5 N–H and O–H groups in total. The van der Waals surface area contributed by atoms with E-state index in [1.165, 1.54) is 20.5 Å². The summed E-state index contributed by atoms with van der Waals surface area (Å²) in [5.41, 5.74) is 9.98. The van der Waals surface area contributed by atoms with Crippen molar-refractivity contribution in [2.45, 2.75) is 6.54 Å². The van der Waals surface area contributed by atoms with Gasteiger partial charge in [-0.15, -0.1) is 11.3 Å². The van der Waals surface area contributed by atoms with Crippen LogP contribution in [0.4, 0.5) is 17.5 Å². The lowest BCUT2D eigenvalue weighted by atomic mass is 10.1. The summed E-state index contributed by atoms with van der Waals surface area (Å²) in [4.78, 5) is 9.36. The van der Waals surface area contributed by atoms with E-state index in [1.54, 1.807) is 30.7 Å². The molecule has 5 rings (SSSR count). The Labute approximate surface area is 188 Å². The molecule has 0 bridgehead atoms. The van der Waals surface area contributed by atoms with Crippen molar-refractivity contribution in [2.75, 3.05) is 31.3 Å². The number of fused-ring (bicyclic) bond motifs is 2. The first-order valence-corrected chi connectivity index (χ1v) is 11.1. The van der Waals surface area contributed by atoms with Crippen LogP contribution in [0.25, 0.3) is 31.4 Å². The van der Waals surface area contributed by atoms with E-state index in [0.29, 0.717) is 12.4 Å². The van der Waals surface area contributed by atoms with Crippen molar-refractivity contribution in [2.24, 2.45) is 0 Å². The van der Waals surface area contributed by atoms with E-state index in [9.17, 15) is 0 Å². The van der Waals surface area contributed by atoms with Crippen molar-refractivity contribution in [1.29, 1.82) is 0 Å². The second-order valence-electron chi connectivity index (χ2n) is 7.44. The van der Waals surface area contributed by atoms with Crippen LogP contribution in [0.1, 0.15) is 5.56 Å². The number of H-pyrrole nitrogens is 1. The zero-order valence-electron chi connectivity index (χ0n) is 17.6. The van der Waals surface area contributed by atoms with Crippen molar-refractivity contribution in [3.8, 4) is 10.4 Å².